The summed E-state index contributed by atoms with van der Waals surface area (Å²) in [5.74, 6) is 0. The lowest BCUT2D eigenvalue weighted by Crippen LogP contribution is -2.17. The summed E-state index contributed by atoms with van der Waals surface area (Å²) >= 11 is 1.85. The third-order valence-electron chi connectivity index (χ3n) is 1.90. The zero-order valence-corrected chi connectivity index (χ0v) is 8.11. The van der Waals surface area contributed by atoms with Gasteiger partial charge >= 0.3 is 0 Å². The Kier molecular flexibility index (Phi) is 1.85. The fraction of sp³-hybridized carbons (Fsp3) is 0.300. The van der Waals surface area contributed by atoms with E-state index >= 15 is 0 Å². The van der Waals surface area contributed by atoms with Crippen LogP contribution in [0.5, 0.6) is 0 Å². The minimum atomic E-state index is 0.829. The molecule has 0 bridgehead atoms. The molecule has 0 atom stereocenters. The maximum absolute atomic E-state index is 4.35. The molecule has 0 aromatic carbocycles. The van der Waals surface area contributed by atoms with Crippen LogP contribution in [-0.4, -0.2) is 12.3 Å². The fourth-order valence-corrected chi connectivity index (χ4v) is 2.29. The molecule has 0 N–H and O–H groups in total. The van der Waals surface area contributed by atoms with Crippen molar-refractivity contribution >= 4 is 29.2 Å². The third kappa shape index (κ3) is 1.34. The van der Waals surface area contributed by atoms with Gasteiger partial charge < -0.3 is 0 Å². The number of fused-ring (bicyclic) bond motifs is 1. The van der Waals surface area contributed by atoms with E-state index in [0.717, 1.165) is 12.3 Å². The second-order valence-corrected chi connectivity index (χ2v) is 4.30. The maximum Gasteiger partial charge on any atom is 0.0590 e. The molecule has 0 unspecified atom stereocenters. The quantitative estimate of drug-likeness (QED) is 0.562. The first-order valence-electron chi connectivity index (χ1n) is 4.05. The Bertz CT molecular complexity index is 437. The predicted octanol–water partition coefficient (Wildman–Crippen LogP) is 1.09. The van der Waals surface area contributed by atoms with Crippen molar-refractivity contribution in [1.82, 2.24) is 0 Å². The summed E-state index contributed by atoms with van der Waals surface area (Å²) in [6.07, 6.45) is 4.35. The molecule has 0 amide bonds. The van der Waals surface area contributed by atoms with Gasteiger partial charge in [-0.3, -0.25) is 4.99 Å². The Labute approximate surface area is 75.8 Å². The van der Waals surface area contributed by atoms with Gasteiger partial charge in [0.2, 0.25) is 0 Å². The Morgan fingerprint density at radius 3 is 3.08 bits per heavy atom. The van der Waals surface area contributed by atoms with E-state index in [1.165, 1.54) is 14.6 Å². The lowest BCUT2D eigenvalue weighted by molar-refractivity contribution is 1.30. The van der Waals surface area contributed by atoms with Crippen LogP contribution in [0.15, 0.2) is 11.1 Å². The van der Waals surface area contributed by atoms with Crippen molar-refractivity contribution in [2.24, 2.45) is 4.99 Å². The molecule has 2 heteroatoms. The fourth-order valence-electron chi connectivity index (χ4n) is 1.37. The van der Waals surface area contributed by atoms with Gasteiger partial charge in [0.05, 0.1) is 6.54 Å². The Morgan fingerprint density at radius 2 is 2.25 bits per heavy atom. The number of aryl methyl sites for hydroxylation is 1. The molecule has 0 saturated carbocycles. The maximum atomic E-state index is 4.35. The summed E-state index contributed by atoms with van der Waals surface area (Å²) in [7, 11) is 0. The highest BCUT2D eigenvalue weighted by Gasteiger charge is 1.96. The molecule has 0 saturated heterocycles. The van der Waals surface area contributed by atoms with Gasteiger partial charge in [0.15, 0.2) is 0 Å². The van der Waals surface area contributed by atoms with Gasteiger partial charge in [0, 0.05) is 15.1 Å². The van der Waals surface area contributed by atoms with E-state index in [1.54, 1.807) is 0 Å². The Hall–Kier alpha value is -0.890. The monoisotopic (exact) mass is 177 g/mol. The van der Waals surface area contributed by atoms with Crippen LogP contribution in [-0.2, 0) is 0 Å². The lowest BCUT2D eigenvalue weighted by atomic mass is 10.3. The normalized spacial score (nSPS) is 15.3. The summed E-state index contributed by atoms with van der Waals surface area (Å²) in [4.78, 5) is 5.73. The topological polar surface area (TPSA) is 12.4 Å². The average Bonchev–Trinajstić information content (AvgIpc) is 2.23. The van der Waals surface area contributed by atoms with E-state index in [9.17, 15) is 0 Å². The van der Waals surface area contributed by atoms with Crippen molar-refractivity contribution in [3.05, 3.63) is 20.7 Å². The van der Waals surface area contributed by atoms with E-state index in [0.29, 0.717) is 0 Å². The van der Waals surface area contributed by atoms with Crippen molar-refractivity contribution in [2.45, 2.75) is 13.8 Å². The molecule has 62 valence electrons. The molecular formula is C10H11NS. The number of hydrogen-bond acceptors (Lipinski definition) is 2. The number of nitrogens with zero attached hydrogens (tertiary/aromatic N) is 1. The van der Waals surface area contributed by atoms with E-state index in [1.807, 2.05) is 11.3 Å². The molecule has 0 fully saturated rings. The minimum absolute atomic E-state index is 0.829. The van der Waals surface area contributed by atoms with E-state index in [2.05, 4.69) is 37.1 Å². The van der Waals surface area contributed by atoms with Crippen LogP contribution in [0.25, 0.3) is 12.2 Å². The standard InChI is InChI=1S/C10H11NS/c1-7-5-9-6-8(2)12-10(9)3-4-11-7/h3,5-6H,4H2,1-2H3. The highest BCUT2D eigenvalue weighted by molar-refractivity contribution is 7.09. The van der Waals surface area contributed by atoms with Crippen LogP contribution in [0.3, 0.4) is 0 Å². The number of thiophene rings is 1. The summed E-state index contributed by atoms with van der Waals surface area (Å²) in [6.45, 7) is 5.03. The van der Waals surface area contributed by atoms with Crippen LogP contribution in [0, 0.1) is 6.92 Å². The molecule has 0 aliphatic carbocycles. The largest absolute Gasteiger partial charge is 0.286 e. The second kappa shape index (κ2) is 2.87. The first-order valence-corrected chi connectivity index (χ1v) is 4.87. The molecular weight excluding hydrogens is 166 g/mol. The summed E-state index contributed by atoms with van der Waals surface area (Å²) in [6, 6.07) is 2.22. The van der Waals surface area contributed by atoms with E-state index in [-0.39, 0.29) is 0 Å². The van der Waals surface area contributed by atoms with Crippen molar-refractivity contribution in [3.8, 4) is 0 Å². The van der Waals surface area contributed by atoms with E-state index in [4.69, 9.17) is 0 Å². The Morgan fingerprint density at radius 1 is 1.42 bits per heavy atom. The number of hydrogen-bond donors (Lipinski definition) is 0. The predicted molar refractivity (Wildman–Crippen MR) is 55.2 cm³/mol. The minimum Gasteiger partial charge on any atom is -0.286 e. The zero-order valence-electron chi connectivity index (χ0n) is 7.29. The lowest BCUT2D eigenvalue weighted by Gasteiger charge is -1.84. The van der Waals surface area contributed by atoms with Gasteiger partial charge in [-0.25, -0.2) is 0 Å². The molecule has 0 radical (unpaired) electrons. The molecule has 1 nitrogen and oxygen atoms in total. The van der Waals surface area contributed by atoms with Crippen LogP contribution in [0.2, 0.25) is 0 Å². The van der Waals surface area contributed by atoms with E-state index < -0.39 is 0 Å². The smallest absolute Gasteiger partial charge is 0.0590 e. The number of aliphatic imine (C=N–C) groups is 1. The zero-order chi connectivity index (χ0) is 8.55. The van der Waals surface area contributed by atoms with Crippen molar-refractivity contribution in [3.63, 3.8) is 0 Å². The molecule has 2 rings (SSSR count). The highest BCUT2D eigenvalue weighted by Crippen LogP contribution is 1.97. The highest BCUT2D eigenvalue weighted by atomic mass is 32.1. The Balaban J connectivity index is 2.75. The molecule has 0 spiro atoms. The molecule has 1 aliphatic rings. The number of rotatable bonds is 0. The molecule has 2 heterocycles. The van der Waals surface area contributed by atoms with Gasteiger partial charge in [0.1, 0.15) is 0 Å². The van der Waals surface area contributed by atoms with Gasteiger partial charge in [-0.15, -0.1) is 11.3 Å². The van der Waals surface area contributed by atoms with Crippen LogP contribution >= 0.6 is 11.3 Å². The van der Waals surface area contributed by atoms with Crippen molar-refractivity contribution in [1.29, 1.82) is 0 Å². The van der Waals surface area contributed by atoms with Gasteiger partial charge in [0.25, 0.3) is 0 Å². The third-order valence-corrected chi connectivity index (χ3v) is 2.96. The van der Waals surface area contributed by atoms with Gasteiger partial charge in [-0.05, 0) is 37.3 Å². The molecule has 1 aromatic heterocycles. The van der Waals surface area contributed by atoms with Crippen LogP contribution in [0.4, 0.5) is 0 Å². The molecule has 1 aliphatic heterocycles. The molecule has 1 aromatic rings. The second-order valence-electron chi connectivity index (χ2n) is 3.01. The van der Waals surface area contributed by atoms with Gasteiger partial charge in [-0.1, -0.05) is 0 Å². The van der Waals surface area contributed by atoms with Crippen LogP contribution < -0.4 is 9.75 Å². The van der Waals surface area contributed by atoms with Crippen molar-refractivity contribution in [2.75, 3.05) is 6.54 Å². The average molecular weight is 177 g/mol. The van der Waals surface area contributed by atoms with Crippen LogP contribution in [0.1, 0.15) is 11.8 Å². The first-order chi connectivity index (χ1) is 5.75. The SMILES string of the molecule is CC1=NCC=c2sc(C)cc2=C1. The summed E-state index contributed by atoms with van der Waals surface area (Å²) in [5, 5.41) is 1.33. The summed E-state index contributed by atoms with van der Waals surface area (Å²) in [5.41, 5.74) is 1.13. The first kappa shape index (κ1) is 7.74. The summed E-state index contributed by atoms with van der Waals surface area (Å²) < 4.78 is 1.37. The van der Waals surface area contributed by atoms with Crippen molar-refractivity contribution < 1.29 is 0 Å². The van der Waals surface area contributed by atoms with Gasteiger partial charge in [-0.2, -0.15) is 0 Å². The molecule has 12 heavy (non-hydrogen) atoms.